The van der Waals surface area contributed by atoms with Gasteiger partial charge in [0.05, 0.1) is 24.1 Å². The van der Waals surface area contributed by atoms with Crippen molar-refractivity contribution < 1.29 is 20.1 Å². The Morgan fingerprint density at radius 1 is 1.00 bits per heavy atom. The second-order valence-corrected chi connectivity index (χ2v) is 8.73. The summed E-state index contributed by atoms with van der Waals surface area (Å²) in [6.07, 6.45) is 3.19. The van der Waals surface area contributed by atoms with Crippen LogP contribution in [-0.2, 0) is 4.79 Å². The van der Waals surface area contributed by atoms with E-state index < -0.39 is 18.2 Å². The minimum Gasteiger partial charge on any atom is -0.481 e. The summed E-state index contributed by atoms with van der Waals surface area (Å²) < 4.78 is 2.24. The van der Waals surface area contributed by atoms with E-state index in [9.17, 15) is 15.0 Å². The largest absolute Gasteiger partial charge is 0.481 e. The number of carboxylic acid groups (broad SMARTS) is 1. The molecule has 2 aromatic carbocycles. The zero-order valence-corrected chi connectivity index (χ0v) is 18.8. The first-order valence-electron chi connectivity index (χ1n) is 11.2. The summed E-state index contributed by atoms with van der Waals surface area (Å²) in [5, 5.41) is 31.6. The van der Waals surface area contributed by atoms with E-state index in [0.717, 1.165) is 38.7 Å². The standard InChI is InChI=1S/C28H29NO4/c1-18(2)27-24(13-12-21(30)16-22(31)17-25(32)33)26(20-9-4-3-5-10-20)28-23-11-7-6-8-19(23)14-15-29(27)28/h3-15,18,21-22,30-31H,16-17H2,1-2H3,(H,32,33)/b13-12+. The lowest BCUT2D eigenvalue weighted by atomic mass is 9.95. The summed E-state index contributed by atoms with van der Waals surface area (Å²) >= 11 is 0. The Bertz CT molecular complexity index is 1300. The summed E-state index contributed by atoms with van der Waals surface area (Å²) in [6, 6.07) is 20.6. The quantitative estimate of drug-likeness (QED) is 0.337. The molecule has 3 N–H and O–H groups in total. The molecule has 0 spiro atoms. The van der Waals surface area contributed by atoms with Crippen molar-refractivity contribution in [1.82, 2.24) is 4.40 Å². The fraction of sp³-hybridized carbons (Fsp3) is 0.250. The van der Waals surface area contributed by atoms with Gasteiger partial charge in [0.15, 0.2) is 0 Å². The second-order valence-electron chi connectivity index (χ2n) is 8.73. The maximum atomic E-state index is 10.8. The molecule has 2 unspecified atom stereocenters. The predicted octanol–water partition coefficient (Wildman–Crippen LogP) is 5.48. The van der Waals surface area contributed by atoms with E-state index in [-0.39, 0.29) is 18.8 Å². The van der Waals surface area contributed by atoms with Gasteiger partial charge in [0.1, 0.15) is 0 Å². The third-order valence-corrected chi connectivity index (χ3v) is 5.92. The molecule has 0 amide bonds. The van der Waals surface area contributed by atoms with Gasteiger partial charge in [-0.25, -0.2) is 0 Å². The molecule has 2 aromatic heterocycles. The summed E-state index contributed by atoms with van der Waals surface area (Å²) in [4.78, 5) is 10.8. The minimum atomic E-state index is -1.10. The number of carboxylic acids is 1. The zero-order chi connectivity index (χ0) is 23.5. The van der Waals surface area contributed by atoms with Crippen molar-refractivity contribution in [1.29, 1.82) is 0 Å². The third-order valence-electron chi connectivity index (χ3n) is 5.92. The van der Waals surface area contributed by atoms with Crippen molar-refractivity contribution in [2.45, 2.75) is 44.8 Å². The maximum absolute atomic E-state index is 10.8. The number of carbonyl (C=O) groups is 1. The van der Waals surface area contributed by atoms with Crippen molar-refractivity contribution in [3.05, 3.63) is 84.2 Å². The van der Waals surface area contributed by atoms with Crippen LogP contribution in [0.1, 0.15) is 43.9 Å². The van der Waals surface area contributed by atoms with Gasteiger partial charge in [-0.3, -0.25) is 4.79 Å². The number of fused-ring (bicyclic) bond motifs is 3. The van der Waals surface area contributed by atoms with E-state index in [4.69, 9.17) is 5.11 Å². The van der Waals surface area contributed by atoms with Crippen LogP contribution in [0.4, 0.5) is 0 Å². The van der Waals surface area contributed by atoms with Gasteiger partial charge < -0.3 is 19.7 Å². The highest BCUT2D eigenvalue weighted by molar-refractivity contribution is 6.06. The molecule has 0 saturated carbocycles. The van der Waals surface area contributed by atoms with E-state index in [1.807, 2.05) is 36.4 Å². The average molecular weight is 444 g/mol. The van der Waals surface area contributed by atoms with Crippen LogP contribution < -0.4 is 0 Å². The predicted molar refractivity (Wildman–Crippen MR) is 132 cm³/mol. The fourth-order valence-corrected chi connectivity index (χ4v) is 4.56. The molecule has 2 heterocycles. The fourth-order valence-electron chi connectivity index (χ4n) is 4.56. The number of pyridine rings is 1. The van der Waals surface area contributed by atoms with Crippen LogP contribution in [0.5, 0.6) is 0 Å². The number of rotatable bonds is 8. The Balaban J connectivity index is 1.92. The van der Waals surface area contributed by atoms with E-state index in [1.54, 1.807) is 6.08 Å². The van der Waals surface area contributed by atoms with Gasteiger partial charge in [-0.2, -0.15) is 0 Å². The van der Waals surface area contributed by atoms with Crippen LogP contribution in [0.25, 0.3) is 33.5 Å². The number of aliphatic carboxylic acids is 1. The molecule has 0 aliphatic rings. The number of benzene rings is 2. The number of aliphatic hydroxyl groups excluding tert-OH is 2. The molecule has 5 heteroatoms. The molecule has 0 radical (unpaired) electrons. The minimum absolute atomic E-state index is 0.0310. The molecule has 0 bridgehead atoms. The molecule has 4 rings (SSSR count). The van der Waals surface area contributed by atoms with Crippen LogP contribution in [-0.4, -0.2) is 37.9 Å². The van der Waals surface area contributed by atoms with Crippen LogP contribution in [0, 0.1) is 0 Å². The Kier molecular flexibility index (Phi) is 6.63. The molecule has 4 aromatic rings. The van der Waals surface area contributed by atoms with E-state index in [0.29, 0.717) is 0 Å². The first-order chi connectivity index (χ1) is 15.9. The highest BCUT2D eigenvalue weighted by Gasteiger charge is 2.22. The number of hydrogen-bond acceptors (Lipinski definition) is 3. The number of aromatic nitrogens is 1. The van der Waals surface area contributed by atoms with Crippen molar-refractivity contribution in [3.8, 4) is 11.1 Å². The average Bonchev–Trinajstić information content (AvgIpc) is 3.12. The molecule has 2 atom stereocenters. The van der Waals surface area contributed by atoms with E-state index >= 15 is 0 Å². The van der Waals surface area contributed by atoms with Gasteiger partial charge in [0.25, 0.3) is 0 Å². The van der Waals surface area contributed by atoms with Crippen LogP contribution in [0.15, 0.2) is 72.9 Å². The molecular formula is C28H29NO4. The second kappa shape index (κ2) is 9.61. The van der Waals surface area contributed by atoms with Crippen molar-refractivity contribution in [3.63, 3.8) is 0 Å². The Hall–Kier alpha value is -3.41. The van der Waals surface area contributed by atoms with Gasteiger partial charge in [-0.15, -0.1) is 0 Å². The lowest BCUT2D eigenvalue weighted by molar-refractivity contribution is -0.139. The Morgan fingerprint density at radius 3 is 2.39 bits per heavy atom. The van der Waals surface area contributed by atoms with E-state index in [1.165, 1.54) is 0 Å². The van der Waals surface area contributed by atoms with Crippen LogP contribution in [0.3, 0.4) is 0 Å². The Labute approximate surface area is 193 Å². The zero-order valence-electron chi connectivity index (χ0n) is 18.8. The molecule has 0 aliphatic carbocycles. The SMILES string of the molecule is CC(C)c1c(/C=C/C(O)CC(O)CC(=O)O)c(-c2ccccc2)c2c3ccccc3ccn12. The third kappa shape index (κ3) is 4.70. The Morgan fingerprint density at radius 2 is 1.70 bits per heavy atom. The van der Waals surface area contributed by atoms with E-state index in [2.05, 4.69) is 54.8 Å². The molecule has 170 valence electrons. The van der Waals surface area contributed by atoms with Gasteiger partial charge >= 0.3 is 5.97 Å². The van der Waals surface area contributed by atoms with Gasteiger partial charge in [0.2, 0.25) is 0 Å². The summed E-state index contributed by atoms with van der Waals surface area (Å²) in [5.41, 5.74) is 5.43. The number of aliphatic hydroxyl groups is 2. The molecule has 0 aliphatic heterocycles. The first kappa shape index (κ1) is 22.8. The topological polar surface area (TPSA) is 82.2 Å². The summed E-state index contributed by atoms with van der Waals surface area (Å²) in [7, 11) is 0. The van der Waals surface area contributed by atoms with Crippen molar-refractivity contribution in [2.75, 3.05) is 0 Å². The summed E-state index contributed by atoms with van der Waals surface area (Å²) in [5.74, 6) is -0.872. The normalized spacial score (nSPS) is 13.8. The van der Waals surface area contributed by atoms with Crippen LogP contribution in [0.2, 0.25) is 0 Å². The van der Waals surface area contributed by atoms with Crippen LogP contribution >= 0.6 is 0 Å². The first-order valence-corrected chi connectivity index (χ1v) is 11.2. The van der Waals surface area contributed by atoms with Crippen molar-refractivity contribution in [2.24, 2.45) is 0 Å². The lowest BCUT2D eigenvalue weighted by Gasteiger charge is -2.12. The van der Waals surface area contributed by atoms with Gasteiger partial charge in [-0.05, 0) is 22.9 Å². The molecule has 5 nitrogen and oxygen atoms in total. The van der Waals surface area contributed by atoms with Gasteiger partial charge in [0, 0.05) is 34.8 Å². The molecule has 0 saturated heterocycles. The smallest absolute Gasteiger partial charge is 0.305 e. The highest BCUT2D eigenvalue weighted by atomic mass is 16.4. The molecule has 0 fully saturated rings. The number of nitrogens with zero attached hydrogens (tertiary/aromatic N) is 1. The molecule has 33 heavy (non-hydrogen) atoms. The number of hydrogen-bond donors (Lipinski definition) is 3. The van der Waals surface area contributed by atoms with Gasteiger partial charge in [-0.1, -0.05) is 80.6 Å². The highest BCUT2D eigenvalue weighted by Crippen LogP contribution is 2.40. The molecular weight excluding hydrogens is 414 g/mol. The lowest BCUT2D eigenvalue weighted by Crippen LogP contribution is -2.19. The van der Waals surface area contributed by atoms with Crippen molar-refractivity contribution >= 4 is 28.3 Å². The summed E-state index contributed by atoms with van der Waals surface area (Å²) in [6.45, 7) is 4.30. The maximum Gasteiger partial charge on any atom is 0.305 e. The monoisotopic (exact) mass is 443 g/mol.